The van der Waals surface area contributed by atoms with Gasteiger partial charge < -0.3 is 9.47 Å². The van der Waals surface area contributed by atoms with Gasteiger partial charge in [0.2, 0.25) is 0 Å². The van der Waals surface area contributed by atoms with Crippen LogP contribution in [-0.4, -0.2) is 40.0 Å². The number of likely N-dealkylation sites (N-methyl/N-ethyl adjacent to an activating group) is 1. The summed E-state index contributed by atoms with van der Waals surface area (Å²) in [5, 5.41) is 0. The second-order valence-corrected chi connectivity index (χ2v) is 5.94. The molecule has 0 aliphatic heterocycles. The van der Waals surface area contributed by atoms with Gasteiger partial charge in [0.1, 0.15) is 11.3 Å². The maximum Gasteiger partial charge on any atom is 0.184 e. The molecule has 2 aromatic rings. The zero-order valence-corrected chi connectivity index (χ0v) is 12.7. The molecule has 1 aromatic carbocycles. The Kier molecular flexibility index (Phi) is 4.13. The SMILES string of the molecule is CN(CCn1c(CCCl)nc2ccc(F)c(F)c21)C1CC1. The van der Waals surface area contributed by atoms with Crippen LogP contribution in [-0.2, 0) is 13.0 Å². The molecule has 1 aromatic heterocycles. The fraction of sp³-hybridized carbons (Fsp3) is 0.533. The van der Waals surface area contributed by atoms with Crippen LogP contribution in [0.4, 0.5) is 8.78 Å². The molecule has 0 radical (unpaired) electrons. The average molecular weight is 314 g/mol. The summed E-state index contributed by atoms with van der Waals surface area (Å²) < 4.78 is 29.4. The third kappa shape index (κ3) is 2.90. The lowest BCUT2D eigenvalue weighted by Gasteiger charge is -2.17. The smallest absolute Gasteiger partial charge is 0.184 e. The fourth-order valence-corrected chi connectivity index (χ4v) is 2.85. The Morgan fingerprint density at radius 3 is 2.81 bits per heavy atom. The molecule has 3 rings (SSSR count). The van der Waals surface area contributed by atoms with Crippen molar-refractivity contribution < 1.29 is 8.78 Å². The van der Waals surface area contributed by atoms with Crippen LogP contribution in [0.3, 0.4) is 0 Å². The topological polar surface area (TPSA) is 21.1 Å². The van der Waals surface area contributed by atoms with E-state index in [1.54, 1.807) is 4.57 Å². The number of rotatable bonds is 6. The van der Waals surface area contributed by atoms with Crippen LogP contribution < -0.4 is 0 Å². The third-order valence-corrected chi connectivity index (χ3v) is 4.23. The Morgan fingerprint density at radius 1 is 1.38 bits per heavy atom. The molecule has 0 saturated heterocycles. The quantitative estimate of drug-likeness (QED) is 0.764. The number of alkyl halides is 1. The lowest BCUT2D eigenvalue weighted by atomic mass is 10.3. The van der Waals surface area contributed by atoms with Crippen molar-refractivity contribution in [3.05, 3.63) is 29.6 Å². The number of aromatic nitrogens is 2. The summed E-state index contributed by atoms with van der Waals surface area (Å²) in [4.78, 5) is 6.65. The number of benzene rings is 1. The summed E-state index contributed by atoms with van der Waals surface area (Å²) in [5.74, 6) is -0.536. The van der Waals surface area contributed by atoms with E-state index >= 15 is 0 Å². The number of aryl methyl sites for hydroxylation is 1. The highest BCUT2D eigenvalue weighted by Gasteiger charge is 2.26. The lowest BCUT2D eigenvalue weighted by Crippen LogP contribution is -2.26. The number of nitrogens with zero attached hydrogens (tertiary/aromatic N) is 3. The molecule has 1 aliphatic carbocycles. The predicted octanol–water partition coefficient (Wildman–Crippen LogP) is 3.19. The molecule has 0 bridgehead atoms. The first-order chi connectivity index (χ1) is 10.1. The number of halogens is 3. The van der Waals surface area contributed by atoms with Gasteiger partial charge in [-0.3, -0.25) is 0 Å². The van der Waals surface area contributed by atoms with Crippen molar-refractivity contribution in [2.45, 2.75) is 31.8 Å². The summed E-state index contributed by atoms with van der Waals surface area (Å²) in [7, 11) is 2.06. The van der Waals surface area contributed by atoms with Gasteiger partial charge in [-0.15, -0.1) is 11.6 Å². The molecule has 1 fully saturated rings. The van der Waals surface area contributed by atoms with Crippen LogP contribution in [0.25, 0.3) is 11.0 Å². The average Bonchev–Trinajstić information content (AvgIpc) is 3.25. The van der Waals surface area contributed by atoms with Gasteiger partial charge in [0.25, 0.3) is 0 Å². The van der Waals surface area contributed by atoms with Crippen LogP contribution in [0.15, 0.2) is 12.1 Å². The number of imidazole rings is 1. The number of hydrogen-bond acceptors (Lipinski definition) is 2. The number of fused-ring (bicyclic) bond motifs is 1. The van der Waals surface area contributed by atoms with Gasteiger partial charge in [0.15, 0.2) is 11.6 Å². The third-order valence-electron chi connectivity index (χ3n) is 4.04. The van der Waals surface area contributed by atoms with Crippen LogP contribution >= 0.6 is 11.6 Å². The van der Waals surface area contributed by atoms with Crippen molar-refractivity contribution in [3.63, 3.8) is 0 Å². The summed E-state index contributed by atoms with van der Waals surface area (Å²) in [5.41, 5.74) is 0.738. The molecule has 1 aliphatic rings. The van der Waals surface area contributed by atoms with Gasteiger partial charge in [-0.25, -0.2) is 13.8 Å². The van der Waals surface area contributed by atoms with E-state index in [0.717, 1.165) is 12.6 Å². The maximum atomic E-state index is 14.1. The predicted molar refractivity (Wildman–Crippen MR) is 79.7 cm³/mol. The highest BCUT2D eigenvalue weighted by Crippen LogP contribution is 2.26. The molecule has 0 amide bonds. The van der Waals surface area contributed by atoms with Gasteiger partial charge in [-0.2, -0.15) is 0 Å². The highest BCUT2D eigenvalue weighted by molar-refractivity contribution is 6.17. The summed E-state index contributed by atoms with van der Waals surface area (Å²) in [6, 6.07) is 3.28. The minimum atomic E-state index is -0.836. The van der Waals surface area contributed by atoms with E-state index in [1.807, 2.05) is 0 Å². The van der Waals surface area contributed by atoms with Crippen molar-refractivity contribution in [2.75, 3.05) is 19.5 Å². The molecule has 0 spiro atoms. The molecule has 0 atom stereocenters. The number of hydrogen-bond donors (Lipinski definition) is 0. The Bertz CT molecular complexity index is 652. The largest absolute Gasteiger partial charge is 0.324 e. The standard InChI is InChI=1S/C15H18ClF2N3/c1-20(10-2-3-10)8-9-21-13(6-7-16)19-12-5-4-11(17)14(18)15(12)21/h4-5,10H,2-3,6-9H2,1H3. The molecular formula is C15H18ClF2N3. The second kappa shape index (κ2) is 5.89. The van der Waals surface area contributed by atoms with Gasteiger partial charge in [-0.1, -0.05) is 0 Å². The van der Waals surface area contributed by atoms with Crippen molar-refractivity contribution in [2.24, 2.45) is 0 Å². The maximum absolute atomic E-state index is 14.1. The fourth-order valence-electron chi connectivity index (χ4n) is 2.68. The molecule has 114 valence electrons. The summed E-state index contributed by atoms with van der Waals surface area (Å²) >= 11 is 5.80. The van der Waals surface area contributed by atoms with E-state index in [9.17, 15) is 8.78 Å². The second-order valence-electron chi connectivity index (χ2n) is 5.56. The Balaban J connectivity index is 1.95. The van der Waals surface area contributed by atoms with Gasteiger partial charge >= 0.3 is 0 Å². The zero-order chi connectivity index (χ0) is 15.0. The molecule has 3 nitrogen and oxygen atoms in total. The van der Waals surface area contributed by atoms with E-state index in [4.69, 9.17) is 11.6 Å². The molecule has 0 unspecified atom stereocenters. The minimum Gasteiger partial charge on any atom is -0.324 e. The molecule has 1 saturated carbocycles. The van der Waals surface area contributed by atoms with E-state index in [-0.39, 0.29) is 5.52 Å². The van der Waals surface area contributed by atoms with Crippen molar-refractivity contribution in [3.8, 4) is 0 Å². The molecule has 6 heteroatoms. The Morgan fingerprint density at radius 2 is 2.14 bits per heavy atom. The van der Waals surface area contributed by atoms with Gasteiger partial charge in [-0.05, 0) is 32.0 Å². The molecule has 21 heavy (non-hydrogen) atoms. The van der Waals surface area contributed by atoms with Crippen molar-refractivity contribution in [1.82, 2.24) is 14.5 Å². The molecule has 0 N–H and O–H groups in total. The van der Waals surface area contributed by atoms with Crippen LogP contribution in [0.1, 0.15) is 18.7 Å². The summed E-state index contributed by atoms with van der Waals surface area (Å²) in [6.07, 6.45) is 2.99. The first-order valence-corrected chi connectivity index (χ1v) is 7.74. The summed E-state index contributed by atoms with van der Waals surface area (Å²) in [6.45, 7) is 1.39. The lowest BCUT2D eigenvalue weighted by molar-refractivity contribution is 0.308. The van der Waals surface area contributed by atoms with E-state index in [2.05, 4.69) is 16.9 Å². The molecule has 1 heterocycles. The minimum absolute atomic E-state index is 0.249. The Hall–Kier alpha value is -1.20. The first-order valence-electron chi connectivity index (χ1n) is 7.21. The van der Waals surface area contributed by atoms with Gasteiger partial charge in [0.05, 0.1) is 5.52 Å². The molecular weight excluding hydrogens is 296 g/mol. The van der Waals surface area contributed by atoms with Crippen LogP contribution in [0.2, 0.25) is 0 Å². The normalized spacial score (nSPS) is 15.3. The monoisotopic (exact) mass is 313 g/mol. The van der Waals surface area contributed by atoms with Crippen molar-refractivity contribution in [1.29, 1.82) is 0 Å². The highest BCUT2D eigenvalue weighted by atomic mass is 35.5. The van der Waals surface area contributed by atoms with E-state index in [1.165, 1.54) is 18.9 Å². The van der Waals surface area contributed by atoms with Crippen molar-refractivity contribution >= 4 is 22.6 Å². The Labute approximate surface area is 127 Å². The van der Waals surface area contributed by atoms with Gasteiger partial charge in [0, 0.05) is 31.4 Å². The first kappa shape index (κ1) is 14.7. The zero-order valence-electron chi connectivity index (χ0n) is 12.0. The van der Waals surface area contributed by atoms with E-state index < -0.39 is 11.6 Å². The van der Waals surface area contributed by atoms with E-state index in [0.29, 0.717) is 36.2 Å². The van der Waals surface area contributed by atoms with Crippen LogP contribution in [0, 0.1) is 11.6 Å². The van der Waals surface area contributed by atoms with Crippen LogP contribution in [0.5, 0.6) is 0 Å².